The molecule has 35 heavy (non-hydrogen) atoms. The first-order chi connectivity index (χ1) is 16.7. The molecule has 0 unspecified atom stereocenters. The van der Waals surface area contributed by atoms with E-state index in [-0.39, 0.29) is 26.3 Å². The molecule has 0 aliphatic heterocycles. The summed E-state index contributed by atoms with van der Waals surface area (Å²) in [6.45, 7) is 3.87. The van der Waals surface area contributed by atoms with E-state index in [1.807, 2.05) is 0 Å². The SMILES string of the molecule is C=CCOc1ccc(C(=O)N/N=C/c2cc(Cl)c(OS(=O)(=O)c3ccccc3)c(Cl)c2)cc1OC. The lowest BCUT2D eigenvalue weighted by molar-refractivity contribution is 0.0954. The van der Waals surface area contributed by atoms with Gasteiger partial charge in [0.05, 0.1) is 23.4 Å². The standard InChI is InChI=1S/C24H20Cl2N2O6S/c1-3-11-33-21-10-9-17(14-22(21)32-2)24(29)28-27-15-16-12-19(25)23(20(26)13-16)34-35(30,31)18-7-5-4-6-8-18/h3-10,12-15H,1,11H2,2H3,(H,28,29)/b27-15+. The third kappa shape index (κ3) is 6.75. The molecule has 0 aliphatic rings. The summed E-state index contributed by atoms with van der Waals surface area (Å²) >= 11 is 12.4. The summed E-state index contributed by atoms with van der Waals surface area (Å²) in [5.74, 6) is 0.126. The first-order valence-electron chi connectivity index (χ1n) is 9.99. The Morgan fingerprint density at radius 1 is 1.06 bits per heavy atom. The molecule has 3 aromatic carbocycles. The number of nitrogens with one attached hydrogen (secondary N) is 1. The summed E-state index contributed by atoms with van der Waals surface area (Å²) in [6, 6.07) is 15.0. The van der Waals surface area contributed by atoms with Crippen LogP contribution in [0.2, 0.25) is 10.0 Å². The fourth-order valence-electron chi connectivity index (χ4n) is 2.79. The summed E-state index contributed by atoms with van der Waals surface area (Å²) < 4.78 is 40.7. The number of carbonyl (C=O) groups is 1. The van der Waals surface area contributed by atoms with Crippen LogP contribution in [0.1, 0.15) is 15.9 Å². The average molecular weight is 535 g/mol. The summed E-state index contributed by atoms with van der Waals surface area (Å²) in [4.78, 5) is 12.4. The number of carbonyl (C=O) groups excluding carboxylic acids is 1. The third-order valence-corrected chi connectivity index (χ3v) is 6.20. The molecular weight excluding hydrogens is 515 g/mol. The molecule has 11 heteroatoms. The van der Waals surface area contributed by atoms with Crippen LogP contribution in [0, 0.1) is 0 Å². The van der Waals surface area contributed by atoms with Crippen LogP contribution in [0.25, 0.3) is 0 Å². The van der Waals surface area contributed by atoms with Gasteiger partial charge in [-0.25, -0.2) is 5.43 Å². The molecule has 0 aliphatic carbocycles. The van der Waals surface area contributed by atoms with Crippen molar-refractivity contribution in [2.45, 2.75) is 4.90 Å². The second-order valence-electron chi connectivity index (χ2n) is 6.83. The van der Waals surface area contributed by atoms with Crippen molar-refractivity contribution in [3.63, 3.8) is 0 Å². The highest BCUT2D eigenvalue weighted by molar-refractivity contribution is 7.87. The molecule has 0 heterocycles. The Bertz CT molecular complexity index is 1340. The molecule has 0 saturated carbocycles. The normalized spacial score (nSPS) is 11.2. The van der Waals surface area contributed by atoms with E-state index in [9.17, 15) is 13.2 Å². The Hall–Kier alpha value is -3.53. The highest BCUT2D eigenvalue weighted by atomic mass is 35.5. The maximum atomic E-state index is 12.5. The number of hydrazone groups is 1. The van der Waals surface area contributed by atoms with Gasteiger partial charge in [0.25, 0.3) is 5.91 Å². The van der Waals surface area contributed by atoms with Gasteiger partial charge in [-0.05, 0) is 48.0 Å². The van der Waals surface area contributed by atoms with Crippen molar-refractivity contribution in [1.29, 1.82) is 0 Å². The number of nitrogens with zero attached hydrogens (tertiary/aromatic N) is 1. The van der Waals surface area contributed by atoms with Gasteiger partial charge in [-0.3, -0.25) is 4.79 Å². The first-order valence-corrected chi connectivity index (χ1v) is 12.2. The highest BCUT2D eigenvalue weighted by Gasteiger charge is 2.20. The molecule has 1 N–H and O–H groups in total. The van der Waals surface area contributed by atoms with Crippen LogP contribution in [-0.4, -0.2) is 34.3 Å². The lowest BCUT2D eigenvalue weighted by atomic mass is 10.2. The maximum Gasteiger partial charge on any atom is 0.339 e. The van der Waals surface area contributed by atoms with Gasteiger partial charge < -0.3 is 13.7 Å². The van der Waals surface area contributed by atoms with Crippen LogP contribution in [0.15, 0.2) is 83.3 Å². The zero-order valence-electron chi connectivity index (χ0n) is 18.4. The van der Waals surface area contributed by atoms with E-state index >= 15 is 0 Å². The molecule has 3 rings (SSSR count). The minimum atomic E-state index is -4.13. The molecular formula is C24H20Cl2N2O6S. The molecule has 1 amide bonds. The lowest BCUT2D eigenvalue weighted by Gasteiger charge is -2.11. The van der Waals surface area contributed by atoms with Crippen molar-refractivity contribution in [1.82, 2.24) is 5.43 Å². The Balaban J connectivity index is 1.71. The number of hydrogen-bond acceptors (Lipinski definition) is 7. The van der Waals surface area contributed by atoms with E-state index in [1.165, 1.54) is 43.7 Å². The number of rotatable bonds is 10. The average Bonchev–Trinajstić information content (AvgIpc) is 2.85. The van der Waals surface area contributed by atoms with Crippen LogP contribution < -0.4 is 19.1 Å². The van der Waals surface area contributed by atoms with Crippen molar-refractivity contribution in [3.05, 3.63) is 94.5 Å². The summed E-state index contributed by atoms with van der Waals surface area (Å²) in [6.07, 6.45) is 2.89. The zero-order valence-corrected chi connectivity index (χ0v) is 20.7. The Labute approximate surface area is 212 Å². The van der Waals surface area contributed by atoms with E-state index < -0.39 is 16.0 Å². The van der Waals surface area contributed by atoms with E-state index in [2.05, 4.69) is 17.1 Å². The monoisotopic (exact) mass is 534 g/mol. The molecule has 182 valence electrons. The van der Waals surface area contributed by atoms with Gasteiger partial charge in [-0.2, -0.15) is 13.5 Å². The van der Waals surface area contributed by atoms with Crippen LogP contribution in [0.3, 0.4) is 0 Å². The zero-order chi connectivity index (χ0) is 25.4. The van der Waals surface area contributed by atoms with Gasteiger partial charge in [-0.1, -0.05) is 54.1 Å². The molecule has 0 spiro atoms. The van der Waals surface area contributed by atoms with Crippen molar-refractivity contribution in [2.24, 2.45) is 5.10 Å². The molecule has 0 bridgehead atoms. The predicted octanol–water partition coefficient (Wildman–Crippen LogP) is 5.10. The quantitative estimate of drug-likeness (QED) is 0.168. The highest BCUT2D eigenvalue weighted by Crippen LogP contribution is 2.36. The summed E-state index contributed by atoms with van der Waals surface area (Å²) in [7, 11) is -2.67. The Morgan fingerprint density at radius 3 is 2.37 bits per heavy atom. The minimum absolute atomic E-state index is 0.0441. The predicted molar refractivity (Wildman–Crippen MR) is 134 cm³/mol. The topological polar surface area (TPSA) is 103 Å². The Kier molecular flexibility index (Phi) is 8.75. The van der Waals surface area contributed by atoms with Gasteiger partial charge in [0.1, 0.15) is 11.5 Å². The Morgan fingerprint density at radius 2 is 1.74 bits per heavy atom. The first kappa shape index (κ1) is 26.1. The van der Waals surface area contributed by atoms with Crippen molar-refractivity contribution < 1.29 is 26.9 Å². The molecule has 0 aromatic heterocycles. The number of halogens is 2. The number of hydrogen-bond donors (Lipinski definition) is 1. The van der Waals surface area contributed by atoms with Crippen LogP contribution >= 0.6 is 23.2 Å². The number of ether oxygens (including phenoxy) is 2. The van der Waals surface area contributed by atoms with Crippen LogP contribution in [0.5, 0.6) is 17.2 Å². The van der Waals surface area contributed by atoms with E-state index in [0.717, 1.165) is 0 Å². The lowest BCUT2D eigenvalue weighted by Crippen LogP contribution is -2.17. The van der Waals surface area contributed by atoms with Crippen molar-refractivity contribution in [3.8, 4) is 17.2 Å². The summed E-state index contributed by atoms with van der Waals surface area (Å²) in [5.41, 5.74) is 3.07. The smallest absolute Gasteiger partial charge is 0.339 e. The van der Waals surface area contributed by atoms with Gasteiger partial charge >= 0.3 is 10.1 Å². The number of amides is 1. The molecule has 8 nitrogen and oxygen atoms in total. The molecule has 0 atom stereocenters. The number of benzene rings is 3. The van der Waals surface area contributed by atoms with Gasteiger partial charge in [-0.15, -0.1) is 0 Å². The van der Waals surface area contributed by atoms with Crippen molar-refractivity contribution >= 4 is 45.4 Å². The molecule has 0 saturated heterocycles. The van der Waals surface area contributed by atoms with E-state index in [0.29, 0.717) is 23.7 Å². The molecule has 0 fully saturated rings. The number of methoxy groups -OCH3 is 1. The van der Waals surface area contributed by atoms with Crippen molar-refractivity contribution in [2.75, 3.05) is 13.7 Å². The molecule has 0 radical (unpaired) electrons. The molecule has 3 aromatic rings. The maximum absolute atomic E-state index is 12.5. The van der Waals surface area contributed by atoms with Crippen LogP contribution in [-0.2, 0) is 10.1 Å². The second-order valence-corrected chi connectivity index (χ2v) is 9.19. The van der Waals surface area contributed by atoms with E-state index in [1.54, 1.807) is 36.4 Å². The minimum Gasteiger partial charge on any atom is -0.493 e. The fourth-order valence-corrected chi connectivity index (χ4v) is 4.44. The second kappa shape index (κ2) is 11.7. The van der Waals surface area contributed by atoms with Gasteiger partial charge in [0.15, 0.2) is 17.2 Å². The fraction of sp³-hybridized carbons (Fsp3) is 0.0833. The summed E-state index contributed by atoms with van der Waals surface area (Å²) in [5, 5.41) is 3.79. The van der Waals surface area contributed by atoms with Gasteiger partial charge in [0.2, 0.25) is 0 Å². The third-order valence-electron chi connectivity index (χ3n) is 4.41. The largest absolute Gasteiger partial charge is 0.493 e. The van der Waals surface area contributed by atoms with E-state index in [4.69, 9.17) is 36.9 Å². The van der Waals surface area contributed by atoms with Crippen LogP contribution in [0.4, 0.5) is 0 Å². The van der Waals surface area contributed by atoms with Gasteiger partial charge in [0, 0.05) is 5.56 Å².